The van der Waals surface area contributed by atoms with Crippen molar-refractivity contribution in [3.63, 3.8) is 0 Å². The Morgan fingerprint density at radius 1 is 1.08 bits per heavy atom. The minimum atomic E-state index is 0.146. The van der Waals surface area contributed by atoms with E-state index in [2.05, 4.69) is 25.2 Å². The summed E-state index contributed by atoms with van der Waals surface area (Å²) in [5.41, 5.74) is 2.29. The van der Waals surface area contributed by atoms with Crippen LogP contribution in [0, 0.1) is 11.8 Å². The van der Waals surface area contributed by atoms with E-state index < -0.39 is 0 Å². The number of carbonyl (C=O) groups is 1. The van der Waals surface area contributed by atoms with Gasteiger partial charge in [-0.25, -0.2) is 0 Å². The van der Waals surface area contributed by atoms with Crippen molar-refractivity contribution in [2.75, 3.05) is 26.2 Å². The number of benzene rings is 1. The Balaban J connectivity index is 1.34. The third-order valence-electron chi connectivity index (χ3n) is 6.39. The van der Waals surface area contributed by atoms with E-state index in [-0.39, 0.29) is 5.91 Å². The van der Waals surface area contributed by atoms with Crippen LogP contribution in [0.2, 0.25) is 0 Å². The van der Waals surface area contributed by atoms with Gasteiger partial charge in [0.25, 0.3) is 5.91 Å². The predicted octanol–water partition coefficient (Wildman–Crippen LogP) is 2.29. The van der Waals surface area contributed by atoms with Gasteiger partial charge < -0.3 is 4.90 Å². The van der Waals surface area contributed by atoms with Crippen molar-refractivity contribution in [2.24, 2.45) is 11.8 Å². The lowest BCUT2D eigenvalue weighted by molar-refractivity contribution is 0.0717. The molecule has 0 radical (unpaired) electrons. The zero-order valence-electron chi connectivity index (χ0n) is 14.5. The van der Waals surface area contributed by atoms with Crippen LogP contribution in [0.15, 0.2) is 18.2 Å². The first-order valence-corrected chi connectivity index (χ1v) is 9.60. The lowest BCUT2D eigenvalue weighted by Gasteiger charge is -2.40. The molecule has 2 atom stereocenters. The van der Waals surface area contributed by atoms with Crippen molar-refractivity contribution >= 4 is 16.9 Å². The highest BCUT2D eigenvalue weighted by Crippen LogP contribution is 2.33. The number of rotatable bonds is 3. The van der Waals surface area contributed by atoms with Crippen LogP contribution in [-0.4, -0.2) is 63.3 Å². The summed E-state index contributed by atoms with van der Waals surface area (Å²) in [6, 6.07) is 6.16. The third kappa shape index (κ3) is 2.82. The molecule has 132 valence electrons. The zero-order chi connectivity index (χ0) is 16.8. The highest BCUT2D eigenvalue weighted by molar-refractivity contribution is 5.97. The molecular formula is C19H25N5O. The van der Waals surface area contributed by atoms with E-state index in [1.165, 1.54) is 45.2 Å². The van der Waals surface area contributed by atoms with Crippen LogP contribution in [0.4, 0.5) is 0 Å². The lowest BCUT2D eigenvalue weighted by atomic mass is 9.83. The van der Waals surface area contributed by atoms with Gasteiger partial charge in [-0.05, 0) is 55.7 Å². The van der Waals surface area contributed by atoms with Gasteiger partial charge in [-0.15, -0.1) is 0 Å². The van der Waals surface area contributed by atoms with Crippen molar-refractivity contribution in [3.8, 4) is 0 Å². The summed E-state index contributed by atoms with van der Waals surface area (Å²) in [5, 5.41) is 10.8. The molecule has 1 amide bonds. The molecule has 25 heavy (non-hydrogen) atoms. The molecule has 0 spiro atoms. The molecule has 1 aromatic heterocycles. The fourth-order valence-corrected chi connectivity index (χ4v) is 4.73. The van der Waals surface area contributed by atoms with Gasteiger partial charge in [0.15, 0.2) is 0 Å². The maximum atomic E-state index is 13.1. The largest absolute Gasteiger partial charge is 0.337 e. The monoisotopic (exact) mass is 339 g/mol. The van der Waals surface area contributed by atoms with Crippen LogP contribution < -0.4 is 0 Å². The SMILES string of the molecule is O=C(c1ccc2n[nH]nc2c1)N1C[C@@H]2CC[C@H](C1)N(CC1CCC1)C2. The number of piperidine rings is 1. The van der Waals surface area contributed by atoms with Crippen molar-refractivity contribution in [2.45, 2.75) is 38.1 Å². The van der Waals surface area contributed by atoms with Crippen LogP contribution in [0.25, 0.3) is 11.0 Å². The Morgan fingerprint density at radius 3 is 2.80 bits per heavy atom. The molecule has 0 unspecified atom stereocenters. The van der Waals surface area contributed by atoms with Crippen molar-refractivity contribution in [1.29, 1.82) is 0 Å². The lowest BCUT2D eigenvalue weighted by Crippen LogP contribution is -2.47. The van der Waals surface area contributed by atoms with Gasteiger partial charge in [0.2, 0.25) is 0 Å². The second-order valence-electron chi connectivity index (χ2n) is 8.09. The van der Waals surface area contributed by atoms with E-state index >= 15 is 0 Å². The number of amides is 1. The smallest absolute Gasteiger partial charge is 0.253 e. The predicted molar refractivity (Wildman–Crippen MR) is 95.2 cm³/mol. The number of H-pyrrole nitrogens is 1. The third-order valence-corrected chi connectivity index (χ3v) is 6.39. The number of hydrogen-bond donors (Lipinski definition) is 1. The van der Waals surface area contributed by atoms with Gasteiger partial charge in [-0.3, -0.25) is 9.69 Å². The van der Waals surface area contributed by atoms with Crippen LogP contribution in [0.3, 0.4) is 0 Å². The molecule has 6 nitrogen and oxygen atoms in total. The normalized spacial score (nSPS) is 27.4. The first-order chi connectivity index (χ1) is 12.3. The number of fused-ring (bicyclic) bond motifs is 5. The summed E-state index contributed by atoms with van der Waals surface area (Å²) in [7, 11) is 0. The number of nitrogens with one attached hydrogen (secondary N) is 1. The maximum Gasteiger partial charge on any atom is 0.253 e. The molecule has 3 aliphatic heterocycles. The number of hydrogen-bond acceptors (Lipinski definition) is 4. The molecule has 6 rings (SSSR count). The Labute approximate surface area is 147 Å². The second-order valence-corrected chi connectivity index (χ2v) is 8.09. The summed E-state index contributed by atoms with van der Waals surface area (Å²) >= 11 is 0. The first-order valence-electron chi connectivity index (χ1n) is 9.60. The molecule has 3 saturated heterocycles. The van der Waals surface area contributed by atoms with E-state index in [1.807, 2.05) is 18.2 Å². The molecule has 6 heteroatoms. The van der Waals surface area contributed by atoms with Crippen LogP contribution in [-0.2, 0) is 0 Å². The number of carbonyl (C=O) groups excluding carboxylic acids is 1. The average molecular weight is 339 g/mol. The molecule has 1 aliphatic carbocycles. The molecule has 4 heterocycles. The maximum absolute atomic E-state index is 13.1. The molecule has 1 N–H and O–H groups in total. The summed E-state index contributed by atoms with van der Waals surface area (Å²) in [4.78, 5) is 17.9. The molecule has 1 saturated carbocycles. The first kappa shape index (κ1) is 15.3. The van der Waals surface area contributed by atoms with Gasteiger partial charge in [-0.1, -0.05) is 6.42 Å². The van der Waals surface area contributed by atoms with Gasteiger partial charge in [-0.2, -0.15) is 15.4 Å². The van der Waals surface area contributed by atoms with Gasteiger partial charge in [0, 0.05) is 37.8 Å². The van der Waals surface area contributed by atoms with E-state index in [4.69, 9.17) is 0 Å². The molecule has 4 aliphatic rings. The number of nitrogens with zero attached hydrogens (tertiary/aromatic N) is 4. The molecule has 2 bridgehead atoms. The second kappa shape index (κ2) is 6.09. The van der Waals surface area contributed by atoms with Crippen LogP contribution in [0.1, 0.15) is 42.5 Å². The van der Waals surface area contributed by atoms with E-state index in [9.17, 15) is 4.79 Å². The van der Waals surface area contributed by atoms with Crippen LogP contribution >= 0.6 is 0 Å². The van der Waals surface area contributed by atoms with E-state index in [0.29, 0.717) is 12.0 Å². The molecule has 4 fully saturated rings. The highest BCUT2D eigenvalue weighted by Gasteiger charge is 2.37. The fraction of sp³-hybridized carbons (Fsp3) is 0.632. The standard InChI is InChI=1S/C19H25N5O/c25-19(15-5-7-17-18(8-15)21-22-20-17)24-11-14-4-6-16(12-24)23(10-14)9-13-2-1-3-13/h5,7-8,13-14,16H,1-4,6,9-12H2,(H,20,21,22)/t14-,16-/m1/s1. The topological polar surface area (TPSA) is 65.1 Å². The Hall–Kier alpha value is -1.95. The quantitative estimate of drug-likeness (QED) is 0.932. The Bertz CT molecular complexity index is 783. The van der Waals surface area contributed by atoms with Crippen molar-refractivity contribution in [3.05, 3.63) is 23.8 Å². The van der Waals surface area contributed by atoms with Crippen LogP contribution in [0.5, 0.6) is 0 Å². The highest BCUT2D eigenvalue weighted by atomic mass is 16.2. The van der Waals surface area contributed by atoms with E-state index in [0.717, 1.165) is 35.6 Å². The van der Waals surface area contributed by atoms with Gasteiger partial charge in [0.1, 0.15) is 11.0 Å². The van der Waals surface area contributed by atoms with Crippen molar-refractivity contribution < 1.29 is 4.79 Å². The Kier molecular flexibility index (Phi) is 3.73. The van der Waals surface area contributed by atoms with Gasteiger partial charge in [0.05, 0.1) is 0 Å². The molecular weight excluding hydrogens is 314 g/mol. The van der Waals surface area contributed by atoms with E-state index in [1.54, 1.807) is 0 Å². The zero-order valence-corrected chi connectivity index (χ0v) is 14.5. The minimum Gasteiger partial charge on any atom is -0.337 e. The number of aromatic amines is 1. The number of aromatic nitrogens is 3. The Morgan fingerprint density at radius 2 is 1.96 bits per heavy atom. The summed E-state index contributed by atoms with van der Waals surface area (Å²) in [6.07, 6.45) is 6.70. The molecule has 1 aromatic carbocycles. The summed E-state index contributed by atoms with van der Waals surface area (Å²) in [5.74, 6) is 1.67. The summed E-state index contributed by atoms with van der Waals surface area (Å²) < 4.78 is 0. The average Bonchev–Trinajstić information content (AvgIpc) is 2.87. The van der Waals surface area contributed by atoms with Crippen molar-refractivity contribution in [1.82, 2.24) is 25.2 Å². The minimum absolute atomic E-state index is 0.146. The summed E-state index contributed by atoms with van der Waals surface area (Å²) in [6.45, 7) is 4.19. The van der Waals surface area contributed by atoms with Gasteiger partial charge >= 0.3 is 0 Å². The fourth-order valence-electron chi connectivity index (χ4n) is 4.73. The molecule has 2 aromatic rings.